The number of esters is 2. The van der Waals surface area contributed by atoms with Gasteiger partial charge in [0, 0.05) is 43.8 Å². The molecular formula is C33H47N3O6S. The molecule has 1 heterocycles. The van der Waals surface area contributed by atoms with Crippen LogP contribution in [-0.4, -0.2) is 59.4 Å². The summed E-state index contributed by atoms with van der Waals surface area (Å²) in [6.45, 7) is 9.33. The molecule has 1 aromatic heterocycles. The van der Waals surface area contributed by atoms with Crippen LogP contribution in [-0.2, 0) is 30.3 Å². The largest absolute Gasteiger partial charge is 0.466 e. The monoisotopic (exact) mass is 613 g/mol. The molecule has 4 atom stereocenters. The Bertz CT molecular complexity index is 1210. The Labute approximate surface area is 259 Å². The molecule has 1 aliphatic carbocycles. The standard InChI is InChI=1S/C33H47N3O6S/c1-7-41-33(40)22(4)17-26(18-24-13-9-8-10-14-24)34-30(38)27-20-43-31(35-27)29(42-23(5)37)19-28(21(2)3)36(6)32(39)25-15-11-12-16-25/h8-10,13-14,20-22,25-26,28-29H,7,11-12,15-19H2,1-6H3,(H,34,38)/t22-,26+,28?,29+/m0/s1. The fraction of sp³-hybridized carbons (Fsp3) is 0.606. The molecule has 1 N–H and O–H groups in total. The number of rotatable bonds is 15. The van der Waals surface area contributed by atoms with Crippen molar-refractivity contribution in [2.45, 2.75) is 97.8 Å². The fourth-order valence-corrected chi connectivity index (χ4v) is 6.66. The lowest BCUT2D eigenvalue weighted by atomic mass is 9.94. The van der Waals surface area contributed by atoms with Crippen molar-refractivity contribution in [1.29, 1.82) is 0 Å². The minimum absolute atomic E-state index is 0.0453. The first-order valence-electron chi connectivity index (χ1n) is 15.4. The Morgan fingerprint density at radius 2 is 1.74 bits per heavy atom. The van der Waals surface area contributed by atoms with Crippen molar-refractivity contribution in [3.05, 3.63) is 52.0 Å². The van der Waals surface area contributed by atoms with Crippen molar-refractivity contribution in [1.82, 2.24) is 15.2 Å². The summed E-state index contributed by atoms with van der Waals surface area (Å²) in [5.74, 6) is -1.21. The van der Waals surface area contributed by atoms with Gasteiger partial charge in [0.1, 0.15) is 10.7 Å². The number of nitrogens with one attached hydrogen (secondary N) is 1. The zero-order valence-corrected chi connectivity index (χ0v) is 27.2. The third-order valence-corrected chi connectivity index (χ3v) is 9.04. The average Bonchev–Trinajstić information content (AvgIpc) is 3.68. The lowest BCUT2D eigenvalue weighted by Gasteiger charge is -2.35. The zero-order chi connectivity index (χ0) is 31.5. The molecule has 10 heteroatoms. The van der Waals surface area contributed by atoms with Gasteiger partial charge in [0.15, 0.2) is 6.10 Å². The number of thiazole rings is 1. The maximum absolute atomic E-state index is 13.4. The molecule has 0 bridgehead atoms. The number of benzene rings is 1. The minimum Gasteiger partial charge on any atom is -0.466 e. The minimum atomic E-state index is -0.695. The summed E-state index contributed by atoms with van der Waals surface area (Å²) >= 11 is 1.26. The molecule has 0 aliphatic heterocycles. The molecule has 1 aliphatic rings. The van der Waals surface area contributed by atoms with E-state index >= 15 is 0 Å². The fourth-order valence-electron chi connectivity index (χ4n) is 5.82. The number of hydrogen-bond acceptors (Lipinski definition) is 8. The number of amides is 2. The Balaban J connectivity index is 1.77. The first-order chi connectivity index (χ1) is 20.5. The second-order valence-corrected chi connectivity index (χ2v) is 12.8. The van der Waals surface area contributed by atoms with E-state index in [-0.39, 0.29) is 47.4 Å². The number of ether oxygens (including phenoxy) is 2. The molecule has 3 rings (SSSR count). The van der Waals surface area contributed by atoms with E-state index in [1.165, 1.54) is 18.3 Å². The number of carbonyl (C=O) groups excluding carboxylic acids is 4. The van der Waals surface area contributed by atoms with E-state index in [0.29, 0.717) is 30.9 Å². The van der Waals surface area contributed by atoms with Crippen LogP contribution in [0.5, 0.6) is 0 Å². The van der Waals surface area contributed by atoms with Crippen molar-refractivity contribution in [2.24, 2.45) is 17.8 Å². The van der Waals surface area contributed by atoms with Crippen LogP contribution in [0.2, 0.25) is 0 Å². The van der Waals surface area contributed by atoms with Crippen molar-refractivity contribution in [3.8, 4) is 0 Å². The first-order valence-corrected chi connectivity index (χ1v) is 16.3. The highest BCUT2D eigenvalue weighted by Gasteiger charge is 2.34. The maximum atomic E-state index is 13.4. The SMILES string of the molecule is CCOC(=O)[C@@H](C)C[C@H](Cc1ccccc1)NC(=O)c1csc([C@@H](CC(C(C)C)N(C)C(=O)C2CCCC2)OC(C)=O)n1. The van der Waals surface area contributed by atoms with Crippen molar-refractivity contribution in [3.63, 3.8) is 0 Å². The molecule has 1 saturated carbocycles. The van der Waals surface area contributed by atoms with Crippen molar-refractivity contribution >= 4 is 35.1 Å². The number of carbonyl (C=O) groups is 4. The highest BCUT2D eigenvalue weighted by molar-refractivity contribution is 7.09. The lowest BCUT2D eigenvalue weighted by molar-refractivity contribution is -0.149. The molecule has 0 radical (unpaired) electrons. The Morgan fingerprint density at radius 1 is 1.07 bits per heavy atom. The Kier molecular flexibility index (Phi) is 13.2. The van der Waals surface area contributed by atoms with E-state index in [9.17, 15) is 19.2 Å². The molecular weight excluding hydrogens is 566 g/mol. The van der Waals surface area contributed by atoms with Crippen LogP contribution in [0, 0.1) is 17.8 Å². The number of hydrogen-bond donors (Lipinski definition) is 1. The van der Waals surface area contributed by atoms with Crippen molar-refractivity contribution in [2.75, 3.05) is 13.7 Å². The van der Waals surface area contributed by atoms with Gasteiger partial charge in [-0.05, 0) is 44.1 Å². The summed E-state index contributed by atoms with van der Waals surface area (Å²) in [6, 6.07) is 9.28. The van der Waals surface area contributed by atoms with Gasteiger partial charge in [-0.3, -0.25) is 19.2 Å². The third kappa shape index (κ3) is 10.2. The van der Waals surface area contributed by atoms with E-state index in [0.717, 1.165) is 31.2 Å². The van der Waals surface area contributed by atoms with Gasteiger partial charge in [0.05, 0.1) is 12.5 Å². The third-order valence-electron chi connectivity index (χ3n) is 8.10. The second-order valence-electron chi connectivity index (χ2n) is 11.9. The van der Waals surface area contributed by atoms with Gasteiger partial charge in [0.2, 0.25) is 5.91 Å². The van der Waals surface area contributed by atoms with Crippen LogP contribution < -0.4 is 5.32 Å². The summed E-state index contributed by atoms with van der Waals surface area (Å²) in [5, 5.41) is 5.23. The van der Waals surface area contributed by atoms with Crippen LogP contribution in [0.25, 0.3) is 0 Å². The molecule has 2 aromatic rings. The van der Waals surface area contributed by atoms with Gasteiger partial charge in [-0.2, -0.15) is 0 Å². The van der Waals surface area contributed by atoms with E-state index in [4.69, 9.17) is 9.47 Å². The van der Waals surface area contributed by atoms with Crippen LogP contribution in [0.4, 0.5) is 0 Å². The molecule has 1 aromatic carbocycles. The quantitative estimate of drug-likeness (QED) is 0.255. The predicted molar refractivity (Wildman–Crippen MR) is 166 cm³/mol. The molecule has 0 saturated heterocycles. The van der Waals surface area contributed by atoms with E-state index in [2.05, 4.69) is 24.1 Å². The predicted octanol–water partition coefficient (Wildman–Crippen LogP) is 5.74. The van der Waals surface area contributed by atoms with Crippen LogP contribution in [0.1, 0.15) is 100 Å². The van der Waals surface area contributed by atoms with E-state index in [1.54, 1.807) is 19.2 Å². The smallest absolute Gasteiger partial charge is 0.308 e. The lowest BCUT2D eigenvalue weighted by Crippen LogP contribution is -2.44. The topological polar surface area (TPSA) is 115 Å². The van der Waals surface area contributed by atoms with Gasteiger partial charge in [-0.15, -0.1) is 11.3 Å². The molecule has 43 heavy (non-hydrogen) atoms. The molecule has 9 nitrogen and oxygen atoms in total. The maximum Gasteiger partial charge on any atom is 0.308 e. The average molecular weight is 614 g/mol. The molecule has 2 amide bonds. The first kappa shape index (κ1) is 34.2. The van der Waals surface area contributed by atoms with Gasteiger partial charge in [0.25, 0.3) is 5.91 Å². The van der Waals surface area contributed by atoms with Crippen LogP contribution in [0.15, 0.2) is 35.7 Å². The highest BCUT2D eigenvalue weighted by Crippen LogP contribution is 2.33. The molecule has 236 valence electrons. The Morgan fingerprint density at radius 3 is 2.35 bits per heavy atom. The summed E-state index contributed by atoms with van der Waals surface area (Å²) in [4.78, 5) is 57.5. The van der Waals surface area contributed by atoms with Crippen LogP contribution in [0.3, 0.4) is 0 Å². The van der Waals surface area contributed by atoms with Gasteiger partial charge in [-0.1, -0.05) is 63.9 Å². The number of nitrogens with zero attached hydrogens (tertiary/aromatic N) is 2. The number of aromatic nitrogens is 1. The summed E-state index contributed by atoms with van der Waals surface area (Å²) in [7, 11) is 1.83. The zero-order valence-electron chi connectivity index (χ0n) is 26.3. The van der Waals surface area contributed by atoms with E-state index < -0.39 is 18.0 Å². The van der Waals surface area contributed by atoms with Crippen molar-refractivity contribution < 1.29 is 28.7 Å². The van der Waals surface area contributed by atoms with Gasteiger partial charge < -0.3 is 19.7 Å². The van der Waals surface area contributed by atoms with E-state index in [1.807, 2.05) is 42.3 Å². The Hall–Kier alpha value is -3.27. The summed E-state index contributed by atoms with van der Waals surface area (Å²) in [5.41, 5.74) is 1.25. The molecule has 1 unspecified atom stereocenters. The second kappa shape index (κ2) is 16.5. The highest BCUT2D eigenvalue weighted by atomic mass is 32.1. The summed E-state index contributed by atoms with van der Waals surface area (Å²) < 4.78 is 10.9. The molecule has 1 fully saturated rings. The summed E-state index contributed by atoms with van der Waals surface area (Å²) in [6.07, 6.45) is 4.61. The normalized spacial score (nSPS) is 16.3. The molecule has 0 spiro atoms. The van der Waals surface area contributed by atoms with Gasteiger partial charge >= 0.3 is 11.9 Å². The van der Waals surface area contributed by atoms with Gasteiger partial charge in [-0.25, -0.2) is 4.98 Å². The van der Waals surface area contributed by atoms with Crippen LogP contribution >= 0.6 is 11.3 Å².